The van der Waals surface area contributed by atoms with Crippen LogP contribution in [-0.2, 0) is 6.54 Å². The summed E-state index contributed by atoms with van der Waals surface area (Å²) in [5, 5.41) is 3.56. The quantitative estimate of drug-likeness (QED) is 0.649. The molecule has 1 aliphatic rings. The van der Waals surface area contributed by atoms with E-state index in [1.807, 2.05) is 11.8 Å². The Labute approximate surface area is 134 Å². The smallest absolute Gasteiger partial charge is 0.0366 e. The summed E-state index contributed by atoms with van der Waals surface area (Å²) in [6.07, 6.45) is 10.3. The number of thioether (sulfide) groups is 1. The summed E-state index contributed by atoms with van der Waals surface area (Å²) in [6, 6.07) is 9.12. The summed E-state index contributed by atoms with van der Waals surface area (Å²) in [7, 11) is 0. The van der Waals surface area contributed by atoms with Crippen LogP contribution in [0.25, 0.3) is 0 Å². The van der Waals surface area contributed by atoms with Gasteiger partial charge in [0, 0.05) is 25.3 Å². The lowest BCUT2D eigenvalue weighted by molar-refractivity contribution is 0.599. The largest absolute Gasteiger partial charge is 0.372 e. The van der Waals surface area contributed by atoms with Gasteiger partial charge in [0.25, 0.3) is 0 Å². The molecule has 118 valence electrons. The van der Waals surface area contributed by atoms with Crippen LogP contribution in [0.1, 0.15) is 44.1 Å². The first-order chi connectivity index (χ1) is 10.4. The van der Waals surface area contributed by atoms with Crippen molar-refractivity contribution < 1.29 is 0 Å². The summed E-state index contributed by atoms with van der Waals surface area (Å²) in [6.45, 7) is 4.61. The Morgan fingerprint density at radius 3 is 2.43 bits per heavy atom. The van der Waals surface area contributed by atoms with E-state index in [1.165, 1.54) is 68.6 Å². The molecule has 1 N–H and O–H groups in total. The maximum Gasteiger partial charge on any atom is 0.0366 e. The lowest BCUT2D eigenvalue weighted by Crippen LogP contribution is -2.18. The van der Waals surface area contributed by atoms with E-state index >= 15 is 0 Å². The predicted molar refractivity (Wildman–Crippen MR) is 96.4 cm³/mol. The normalized spacial score (nSPS) is 14.8. The fourth-order valence-electron chi connectivity index (χ4n) is 2.88. The molecule has 1 aromatic rings. The summed E-state index contributed by atoms with van der Waals surface area (Å²) < 4.78 is 0. The predicted octanol–water partition coefficient (Wildman–Crippen LogP) is 4.30. The molecule has 0 saturated carbocycles. The first kappa shape index (κ1) is 16.7. The number of anilines is 1. The van der Waals surface area contributed by atoms with Gasteiger partial charge in [0.05, 0.1) is 0 Å². The molecule has 0 aliphatic carbocycles. The standard InChI is InChI=1S/C18H30N2S/c1-21-15-7-3-2-4-12-19-16-17-8-10-18(11-9-17)20-13-5-6-14-20/h8-11,19H,2-7,12-16H2,1H3. The van der Waals surface area contributed by atoms with Crippen LogP contribution in [0.4, 0.5) is 5.69 Å². The van der Waals surface area contributed by atoms with Crippen LogP contribution in [0.2, 0.25) is 0 Å². The minimum absolute atomic E-state index is 1.01. The van der Waals surface area contributed by atoms with Crippen molar-refractivity contribution in [3.8, 4) is 0 Å². The molecule has 0 spiro atoms. The van der Waals surface area contributed by atoms with Crippen molar-refractivity contribution in [1.29, 1.82) is 0 Å². The van der Waals surface area contributed by atoms with E-state index in [0.717, 1.165) is 13.1 Å². The first-order valence-corrected chi connectivity index (χ1v) is 9.83. The van der Waals surface area contributed by atoms with Gasteiger partial charge in [0.2, 0.25) is 0 Å². The topological polar surface area (TPSA) is 15.3 Å². The minimum Gasteiger partial charge on any atom is -0.372 e. The lowest BCUT2D eigenvalue weighted by atomic mass is 10.2. The second kappa shape index (κ2) is 10.1. The van der Waals surface area contributed by atoms with E-state index < -0.39 is 0 Å². The molecule has 2 nitrogen and oxygen atoms in total. The van der Waals surface area contributed by atoms with E-state index in [-0.39, 0.29) is 0 Å². The monoisotopic (exact) mass is 306 g/mol. The molecule has 0 bridgehead atoms. The van der Waals surface area contributed by atoms with E-state index in [4.69, 9.17) is 0 Å². The highest BCUT2D eigenvalue weighted by Crippen LogP contribution is 2.20. The molecule has 0 unspecified atom stereocenters. The average molecular weight is 307 g/mol. The molecule has 0 radical (unpaired) electrons. The van der Waals surface area contributed by atoms with E-state index in [0.29, 0.717) is 0 Å². The van der Waals surface area contributed by atoms with E-state index in [9.17, 15) is 0 Å². The molecule has 0 amide bonds. The van der Waals surface area contributed by atoms with Crippen molar-refractivity contribution in [2.75, 3.05) is 36.5 Å². The van der Waals surface area contributed by atoms with Crippen LogP contribution in [0.15, 0.2) is 24.3 Å². The van der Waals surface area contributed by atoms with Crippen molar-refractivity contribution in [1.82, 2.24) is 5.32 Å². The minimum atomic E-state index is 1.01. The molecule has 0 atom stereocenters. The van der Waals surface area contributed by atoms with Crippen LogP contribution < -0.4 is 10.2 Å². The van der Waals surface area contributed by atoms with Gasteiger partial charge in [-0.05, 0) is 61.9 Å². The van der Waals surface area contributed by atoms with Gasteiger partial charge in [0.15, 0.2) is 0 Å². The van der Waals surface area contributed by atoms with Crippen LogP contribution in [0.5, 0.6) is 0 Å². The maximum absolute atomic E-state index is 3.56. The number of nitrogens with one attached hydrogen (secondary N) is 1. The van der Waals surface area contributed by atoms with Crippen LogP contribution in [0, 0.1) is 0 Å². The Bertz CT molecular complexity index is 371. The third-order valence-electron chi connectivity index (χ3n) is 4.19. The summed E-state index contributed by atoms with van der Waals surface area (Å²) in [5.41, 5.74) is 2.80. The van der Waals surface area contributed by atoms with Gasteiger partial charge >= 0.3 is 0 Å². The molecule has 2 rings (SSSR count). The molecule has 1 fully saturated rings. The molecule has 1 saturated heterocycles. The van der Waals surface area contributed by atoms with E-state index in [1.54, 1.807) is 0 Å². The fourth-order valence-corrected chi connectivity index (χ4v) is 3.38. The average Bonchev–Trinajstić information content (AvgIpc) is 3.05. The number of unbranched alkanes of at least 4 members (excludes halogenated alkanes) is 3. The summed E-state index contributed by atoms with van der Waals surface area (Å²) in [4.78, 5) is 2.49. The van der Waals surface area contributed by atoms with Gasteiger partial charge in [-0.2, -0.15) is 11.8 Å². The first-order valence-electron chi connectivity index (χ1n) is 8.44. The van der Waals surface area contributed by atoms with Crippen molar-refractivity contribution >= 4 is 17.4 Å². The van der Waals surface area contributed by atoms with Crippen molar-refractivity contribution in [3.63, 3.8) is 0 Å². The summed E-state index contributed by atoms with van der Waals surface area (Å²) >= 11 is 1.96. The Morgan fingerprint density at radius 2 is 1.71 bits per heavy atom. The zero-order chi connectivity index (χ0) is 14.8. The van der Waals surface area contributed by atoms with Crippen LogP contribution in [-0.4, -0.2) is 31.6 Å². The van der Waals surface area contributed by atoms with Crippen LogP contribution >= 0.6 is 11.8 Å². The highest BCUT2D eigenvalue weighted by atomic mass is 32.2. The Morgan fingerprint density at radius 1 is 1.00 bits per heavy atom. The summed E-state index contributed by atoms with van der Waals surface area (Å²) in [5.74, 6) is 1.32. The van der Waals surface area contributed by atoms with Gasteiger partial charge in [-0.25, -0.2) is 0 Å². The highest BCUT2D eigenvalue weighted by Gasteiger charge is 2.11. The number of hydrogen-bond donors (Lipinski definition) is 1. The third-order valence-corrected chi connectivity index (χ3v) is 4.89. The third kappa shape index (κ3) is 6.31. The maximum atomic E-state index is 3.56. The van der Waals surface area contributed by atoms with E-state index in [2.05, 4.69) is 40.7 Å². The SMILES string of the molecule is CSCCCCCCNCc1ccc(N2CCCC2)cc1. The van der Waals surface area contributed by atoms with Gasteiger partial charge in [-0.15, -0.1) is 0 Å². The molecule has 21 heavy (non-hydrogen) atoms. The zero-order valence-corrected chi connectivity index (χ0v) is 14.3. The Hall–Kier alpha value is -0.670. The van der Waals surface area contributed by atoms with Gasteiger partial charge in [-0.3, -0.25) is 0 Å². The molecule has 3 heteroatoms. The van der Waals surface area contributed by atoms with Gasteiger partial charge < -0.3 is 10.2 Å². The lowest BCUT2D eigenvalue weighted by Gasteiger charge is -2.17. The Kier molecular flexibility index (Phi) is 8.05. The molecule has 1 aromatic carbocycles. The molecule has 1 heterocycles. The molecule has 0 aromatic heterocycles. The number of nitrogens with zero attached hydrogens (tertiary/aromatic N) is 1. The number of rotatable bonds is 10. The molecular weight excluding hydrogens is 276 g/mol. The van der Waals surface area contributed by atoms with Gasteiger partial charge in [-0.1, -0.05) is 25.0 Å². The van der Waals surface area contributed by atoms with Crippen molar-refractivity contribution in [2.45, 2.75) is 45.1 Å². The van der Waals surface area contributed by atoms with Crippen LogP contribution in [0.3, 0.4) is 0 Å². The molecular formula is C18H30N2S. The second-order valence-electron chi connectivity index (χ2n) is 5.94. The van der Waals surface area contributed by atoms with Crippen molar-refractivity contribution in [2.24, 2.45) is 0 Å². The number of hydrogen-bond acceptors (Lipinski definition) is 3. The van der Waals surface area contributed by atoms with Crippen molar-refractivity contribution in [3.05, 3.63) is 29.8 Å². The Balaban J connectivity index is 1.56. The number of benzene rings is 1. The van der Waals surface area contributed by atoms with Gasteiger partial charge in [0.1, 0.15) is 0 Å². The fraction of sp³-hybridized carbons (Fsp3) is 0.667. The molecule has 1 aliphatic heterocycles. The highest BCUT2D eigenvalue weighted by molar-refractivity contribution is 7.98. The zero-order valence-electron chi connectivity index (χ0n) is 13.4. The second-order valence-corrected chi connectivity index (χ2v) is 6.93.